The third-order valence-corrected chi connectivity index (χ3v) is 4.96. The van der Waals surface area contributed by atoms with E-state index in [1.165, 1.54) is 0 Å². The lowest BCUT2D eigenvalue weighted by Crippen LogP contribution is -2.51. The van der Waals surface area contributed by atoms with Crippen LogP contribution in [-0.4, -0.2) is 44.7 Å². The van der Waals surface area contributed by atoms with Gasteiger partial charge in [-0.15, -0.1) is 0 Å². The van der Waals surface area contributed by atoms with Crippen LogP contribution in [0.1, 0.15) is 53.9 Å². The molecule has 1 rings (SSSR count). The molecule has 0 aliphatic carbocycles. The molecule has 0 saturated carbocycles. The minimum absolute atomic E-state index is 0.195. The van der Waals surface area contributed by atoms with Gasteiger partial charge in [0, 0.05) is 11.1 Å². The Morgan fingerprint density at radius 1 is 1.07 bits per heavy atom. The van der Waals surface area contributed by atoms with Crippen LogP contribution in [0.25, 0.3) is 0 Å². The molecule has 27 heavy (non-hydrogen) atoms. The predicted molar refractivity (Wildman–Crippen MR) is 103 cm³/mol. The molecule has 6 heteroatoms. The second kappa shape index (κ2) is 10.0. The van der Waals surface area contributed by atoms with Crippen molar-refractivity contribution in [3.05, 3.63) is 24.3 Å². The van der Waals surface area contributed by atoms with Crippen LogP contribution in [0.2, 0.25) is 0 Å². The number of rotatable bonds is 10. The summed E-state index contributed by atoms with van der Waals surface area (Å²) in [6.07, 6.45) is 1.94. The summed E-state index contributed by atoms with van der Waals surface area (Å²) in [5.41, 5.74) is -0.118. The van der Waals surface area contributed by atoms with Gasteiger partial charge in [0.05, 0.1) is 24.0 Å². The Labute approximate surface area is 162 Å². The largest absolute Gasteiger partial charge is 0.462 e. The summed E-state index contributed by atoms with van der Waals surface area (Å²) in [5, 5.41) is 0. The molecule has 0 N–H and O–H groups in total. The van der Waals surface area contributed by atoms with E-state index in [1.807, 2.05) is 13.8 Å². The Kier molecular flexibility index (Phi) is 8.69. The molecule has 1 unspecified atom stereocenters. The normalized spacial score (nSPS) is 24.6. The zero-order valence-corrected chi connectivity index (χ0v) is 17.4. The van der Waals surface area contributed by atoms with E-state index in [-0.39, 0.29) is 18.6 Å². The molecule has 0 amide bonds. The molecule has 0 radical (unpaired) electrons. The zero-order valence-electron chi connectivity index (χ0n) is 17.4. The fraction of sp³-hybridized carbons (Fsp3) is 0.714. The Morgan fingerprint density at radius 3 is 2.04 bits per heavy atom. The van der Waals surface area contributed by atoms with Gasteiger partial charge in [0.15, 0.2) is 6.29 Å². The van der Waals surface area contributed by atoms with Crippen molar-refractivity contribution in [2.45, 2.75) is 60.2 Å². The van der Waals surface area contributed by atoms with E-state index in [2.05, 4.69) is 20.1 Å². The highest BCUT2D eigenvalue weighted by Crippen LogP contribution is 2.38. The minimum atomic E-state index is -0.494. The van der Waals surface area contributed by atoms with Crippen LogP contribution in [0.4, 0.5) is 0 Å². The maximum atomic E-state index is 11.8. The lowest BCUT2D eigenvalue weighted by molar-refractivity contribution is -0.285. The Bertz CT molecular complexity index is 559. The lowest BCUT2D eigenvalue weighted by Gasteiger charge is -2.45. The SMILES string of the molecule is C=C(C)C(=O)OCC1(CC)COC(C(C)(CCC)COC(=O)C(=C)C)OC1. The molecule has 1 heterocycles. The molecule has 6 nitrogen and oxygen atoms in total. The third-order valence-electron chi connectivity index (χ3n) is 4.96. The van der Waals surface area contributed by atoms with Gasteiger partial charge in [-0.2, -0.15) is 0 Å². The first kappa shape index (κ1) is 23.4. The van der Waals surface area contributed by atoms with E-state index in [9.17, 15) is 9.59 Å². The Hall–Kier alpha value is -1.66. The first-order chi connectivity index (χ1) is 12.6. The Morgan fingerprint density at radius 2 is 1.59 bits per heavy atom. The average Bonchev–Trinajstić information content (AvgIpc) is 2.64. The number of hydrogen-bond acceptors (Lipinski definition) is 6. The molecule has 1 aliphatic rings. The van der Waals surface area contributed by atoms with E-state index in [0.29, 0.717) is 24.4 Å². The standard InChI is InChI=1S/C21H34O6/c1-8-10-20(7,11-24-17(22)15(3)4)19-26-13-21(9-2,14-27-19)12-25-18(23)16(5)6/h19H,3,5,8-14H2,1-2,4,6-7H3. The molecule has 0 aromatic carbocycles. The van der Waals surface area contributed by atoms with E-state index in [1.54, 1.807) is 13.8 Å². The summed E-state index contributed by atoms with van der Waals surface area (Å²) in [4.78, 5) is 23.5. The van der Waals surface area contributed by atoms with Crippen LogP contribution < -0.4 is 0 Å². The van der Waals surface area contributed by atoms with Crippen LogP contribution in [0.3, 0.4) is 0 Å². The van der Waals surface area contributed by atoms with Gasteiger partial charge in [0.25, 0.3) is 0 Å². The van der Waals surface area contributed by atoms with Crippen molar-refractivity contribution in [2.75, 3.05) is 26.4 Å². The van der Waals surface area contributed by atoms with Gasteiger partial charge in [-0.3, -0.25) is 0 Å². The van der Waals surface area contributed by atoms with E-state index < -0.39 is 23.6 Å². The van der Waals surface area contributed by atoms with Crippen LogP contribution in [0.5, 0.6) is 0 Å². The molecule has 154 valence electrons. The van der Waals surface area contributed by atoms with Crippen molar-refractivity contribution in [3.8, 4) is 0 Å². The summed E-state index contributed by atoms with van der Waals surface area (Å²) in [6, 6.07) is 0. The van der Waals surface area contributed by atoms with E-state index in [4.69, 9.17) is 18.9 Å². The van der Waals surface area contributed by atoms with Gasteiger partial charge in [0.1, 0.15) is 13.2 Å². The molecule has 0 aromatic heterocycles. The fourth-order valence-corrected chi connectivity index (χ4v) is 2.91. The van der Waals surface area contributed by atoms with Crippen LogP contribution >= 0.6 is 0 Å². The fourth-order valence-electron chi connectivity index (χ4n) is 2.91. The summed E-state index contributed by atoms with van der Waals surface area (Å²) in [5.74, 6) is -0.824. The molecule has 0 bridgehead atoms. The van der Waals surface area contributed by atoms with Crippen LogP contribution in [0, 0.1) is 10.8 Å². The summed E-state index contributed by atoms with van der Waals surface area (Å²) in [7, 11) is 0. The minimum Gasteiger partial charge on any atom is -0.462 e. The first-order valence-corrected chi connectivity index (χ1v) is 9.47. The van der Waals surface area contributed by atoms with Gasteiger partial charge < -0.3 is 18.9 Å². The smallest absolute Gasteiger partial charge is 0.333 e. The molecule has 0 aromatic rings. The summed E-state index contributed by atoms with van der Waals surface area (Å²) < 4.78 is 22.8. The molecular weight excluding hydrogens is 348 g/mol. The van der Waals surface area contributed by atoms with Crippen molar-refractivity contribution in [2.24, 2.45) is 10.8 Å². The van der Waals surface area contributed by atoms with Crippen molar-refractivity contribution in [1.29, 1.82) is 0 Å². The van der Waals surface area contributed by atoms with Gasteiger partial charge in [-0.05, 0) is 26.7 Å². The highest BCUT2D eigenvalue weighted by molar-refractivity contribution is 5.87. The Balaban J connectivity index is 2.73. The molecular formula is C21H34O6. The first-order valence-electron chi connectivity index (χ1n) is 9.47. The second-order valence-corrected chi connectivity index (χ2v) is 7.92. The molecule has 0 spiro atoms. The topological polar surface area (TPSA) is 71.1 Å². The molecule has 1 atom stereocenters. The third kappa shape index (κ3) is 6.47. The van der Waals surface area contributed by atoms with Gasteiger partial charge in [0.2, 0.25) is 0 Å². The number of hydrogen-bond donors (Lipinski definition) is 0. The highest BCUT2D eigenvalue weighted by Gasteiger charge is 2.44. The molecule has 1 fully saturated rings. The molecule has 1 aliphatic heterocycles. The van der Waals surface area contributed by atoms with Crippen molar-refractivity contribution < 1.29 is 28.5 Å². The predicted octanol–water partition coefficient (Wildman–Crippen LogP) is 3.80. The second-order valence-electron chi connectivity index (χ2n) is 7.92. The maximum Gasteiger partial charge on any atom is 0.333 e. The van der Waals surface area contributed by atoms with Gasteiger partial charge in [-0.1, -0.05) is 40.3 Å². The number of carbonyl (C=O) groups excluding carboxylic acids is 2. The lowest BCUT2D eigenvalue weighted by atomic mass is 9.82. The quantitative estimate of drug-likeness (QED) is 0.423. The zero-order chi connectivity index (χ0) is 20.7. The number of carbonyl (C=O) groups is 2. The summed E-state index contributed by atoms with van der Waals surface area (Å²) in [6.45, 7) is 17.7. The van der Waals surface area contributed by atoms with E-state index >= 15 is 0 Å². The van der Waals surface area contributed by atoms with Crippen LogP contribution in [-0.2, 0) is 28.5 Å². The average molecular weight is 382 g/mol. The number of ether oxygens (including phenoxy) is 4. The van der Waals surface area contributed by atoms with Gasteiger partial charge in [-0.25, -0.2) is 9.59 Å². The summed E-state index contributed by atoms with van der Waals surface area (Å²) >= 11 is 0. The van der Waals surface area contributed by atoms with E-state index in [0.717, 1.165) is 19.3 Å². The monoisotopic (exact) mass is 382 g/mol. The highest BCUT2D eigenvalue weighted by atomic mass is 16.7. The number of esters is 2. The molecule has 1 saturated heterocycles. The van der Waals surface area contributed by atoms with Crippen LogP contribution in [0.15, 0.2) is 24.3 Å². The van der Waals surface area contributed by atoms with Gasteiger partial charge >= 0.3 is 11.9 Å². The van der Waals surface area contributed by atoms with Crippen molar-refractivity contribution >= 4 is 11.9 Å². The van der Waals surface area contributed by atoms with Crippen molar-refractivity contribution in [3.63, 3.8) is 0 Å². The maximum absolute atomic E-state index is 11.8. The van der Waals surface area contributed by atoms with Crippen molar-refractivity contribution in [1.82, 2.24) is 0 Å².